The SMILES string of the molecule is C#CCCN(C#Cc1ccc(OC)cc1)S(=O)(=O)c1ccc(C)cc1. The van der Waals surface area contributed by atoms with E-state index in [0.717, 1.165) is 9.87 Å². The number of nitrogens with zero attached hydrogens (tertiary/aromatic N) is 1. The van der Waals surface area contributed by atoms with Gasteiger partial charge in [0.1, 0.15) is 5.75 Å². The third kappa shape index (κ3) is 4.79. The van der Waals surface area contributed by atoms with E-state index < -0.39 is 10.0 Å². The van der Waals surface area contributed by atoms with Crippen LogP contribution in [0.1, 0.15) is 17.5 Å². The Kier molecular flexibility index (Phi) is 6.11. The highest BCUT2D eigenvalue weighted by Gasteiger charge is 2.21. The zero-order valence-corrected chi connectivity index (χ0v) is 15.0. The van der Waals surface area contributed by atoms with Crippen LogP contribution in [0.25, 0.3) is 0 Å². The number of hydrogen-bond donors (Lipinski definition) is 0. The zero-order chi connectivity index (χ0) is 18.3. The Labute approximate surface area is 149 Å². The predicted molar refractivity (Wildman–Crippen MR) is 98.4 cm³/mol. The van der Waals surface area contributed by atoms with E-state index in [1.165, 1.54) is 0 Å². The summed E-state index contributed by atoms with van der Waals surface area (Å²) in [6, 6.07) is 16.4. The molecular formula is C20H19NO3S. The molecule has 0 fully saturated rings. The minimum atomic E-state index is -3.73. The van der Waals surface area contributed by atoms with E-state index in [-0.39, 0.29) is 17.9 Å². The summed E-state index contributed by atoms with van der Waals surface area (Å²) in [4.78, 5) is 0.194. The van der Waals surface area contributed by atoms with Crippen LogP contribution >= 0.6 is 0 Å². The Morgan fingerprint density at radius 2 is 1.72 bits per heavy atom. The molecule has 0 saturated carbocycles. The minimum Gasteiger partial charge on any atom is -0.497 e. The second kappa shape index (κ2) is 8.28. The van der Waals surface area contributed by atoms with Crippen LogP contribution in [0.15, 0.2) is 53.4 Å². The fraction of sp³-hybridized carbons (Fsp3) is 0.200. The Balaban J connectivity index is 2.34. The van der Waals surface area contributed by atoms with Gasteiger partial charge < -0.3 is 4.74 Å². The summed E-state index contributed by atoms with van der Waals surface area (Å²) in [5, 5.41) is 0. The molecule has 2 aromatic rings. The summed E-state index contributed by atoms with van der Waals surface area (Å²) < 4.78 is 31.8. The van der Waals surface area contributed by atoms with Crippen molar-refractivity contribution in [3.8, 4) is 30.1 Å². The molecule has 0 bridgehead atoms. The monoisotopic (exact) mass is 353 g/mol. The summed E-state index contributed by atoms with van der Waals surface area (Å²) in [6.07, 6.45) is 5.56. The predicted octanol–water partition coefficient (Wildman–Crippen LogP) is 3.03. The van der Waals surface area contributed by atoms with Gasteiger partial charge >= 0.3 is 0 Å². The molecule has 0 N–H and O–H groups in total. The number of ether oxygens (including phenoxy) is 1. The average Bonchev–Trinajstić information content (AvgIpc) is 2.62. The highest BCUT2D eigenvalue weighted by atomic mass is 32.2. The first-order valence-electron chi connectivity index (χ1n) is 7.66. The van der Waals surface area contributed by atoms with Crippen molar-refractivity contribution in [3.05, 3.63) is 59.7 Å². The van der Waals surface area contributed by atoms with Crippen LogP contribution in [0.2, 0.25) is 0 Å². The van der Waals surface area contributed by atoms with Gasteiger partial charge in [-0.05, 0) is 49.2 Å². The maximum atomic E-state index is 12.8. The van der Waals surface area contributed by atoms with E-state index in [2.05, 4.69) is 17.9 Å². The molecular weight excluding hydrogens is 334 g/mol. The molecule has 0 heterocycles. The maximum absolute atomic E-state index is 12.8. The molecule has 0 atom stereocenters. The first kappa shape index (κ1) is 18.4. The molecule has 4 nitrogen and oxygen atoms in total. The van der Waals surface area contributed by atoms with Gasteiger partial charge in [0.05, 0.1) is 18.6 Å². The van der Waals surface area contributed by atoms with Crippen molar-refractivity contribution in [1.82, 2.24) is 4.31 Å². The van der Waals surface area contributed by atoms with Gasteiger partial charge in [0.2, 0.25) is 0 Å². The normalized spacial score (nSPS) is 10.3. The molecule has 0 spiro atoms. The first-order chi connectivity index (χ1) is 12.0. The molecule has 0 saturated heterocycles. The summed E-state index contributed by atoms with van der Waals surface area (Å²) in [5.41, 5.74) is 1.67. The van der Waals surface area contributed by atoms with Crippen LogP contribution in [-0.4, -0.2) is 26.4 Å². The van der Waals surface area contributed by atoms with Crippen LogP contribution in [0.4, 0.5) is 0 Å². The smallest absolute Gasteiger partial charge is 0.271 e. The highest BCUT2D eigenvalue weighted by Crippen LogP contribution is 2.16. The Morgan fingerprint density at radius 1 is 1.08 bits per heavy atom. The van der Waals surface area contributed by atoms with Crippen LogP contribution < -0.4 is 4.74 Å². The molecule has 2 aromatic carbocycles. The van der Waals surface area contributed by atoms with Crippen molar-refractivity contribution in [1.29, 1.82) is 0 Å². The van der Waals surface area contributed by atoms with Crippen molar-refractivity contribution in [3.63, 3.8) is 0 Å². The molecule has 5 heteroatoms. The summed E-state index contributed by atoms with van der Waals surface area (Å²) in [5.74, 6) is 6.03. The summed E-state index contributed by atoms with van der Waals surface area (Å²) in [6.45, 7) is 2.03. The van der Waals surface area contributed by atoms with E-state index in [0.29, 0.717) is 11.3 Å². The van der Waals surface area contributed by atoms with Gasteiger partial charge in [-0.1, -0.05) is 17.7 Å². The number of terminal acetylenes is 1. The van der Waals surface area contributed by atoms with Gasteiger partial charge in [0.25, 0.3) is 10.0 Å². The number of benzene rings is 2. The lowest BCUT2D eigenvalue weighted by Crippen LogP contribution is -2.27. The van der Waals surface area contributed by atoms with Crippen molar-refractivity contribution in [2.24, 2.45) is 0 Å². The first-order valence-corrected chi connectivity index (χ1v) is 9.10. The Morgan fingerprint density at radius 3 is 2.28 bits per heavy atom. The summed E-state index contributed by atoms with van der Waals surface area (Å²) in [7, 11) is -2.15. The lowest BCUT2D eigenvalue weighted by Gasteiger charge is -2.17. The second-order valence-electron chi connectivity index (χ2n) is 5.31. The number of methoxy groups -OCH3 is 1. The van der Waals surface area contributed by atoms with Crippen LogP contribution in [-0.2, 0) is 10.0 Å². The molecule has 0 radical (unpaired) electrons. The van der Waals surface area contributed by atoms with Crippen LogP contribution in [0.3, 0.4) is 0 Å². The molecule has 25 heavy (non-hydrogen) atoms. The topological polar surface area (TPSA) is 46.6 Å². The van der Waals surface area contributed by atoms with E-state index >= 15 is 0 Å². The molecule has 0 aliphatic heterocycles. The van der Waals surface area contributed by atoms with E-state index in [1.807, 2.05) is 6.92 Å². The highest BCUT2D eigenvalue weighted by molar-refractivity contribution is 7.89. The van der Waals surface area contributed by atoms with Gasteiger partial charge in [-0.15, -0.1) is 12.3 Å². The van der Waals surface area contributed by atoms with Crippen molar-refractivity contribution in [2.75, 3.05) is 13.7 Å². The molecule has 0 aromatic heterocycles. The fourth-order valence-electron chi connectivity index (χ4n) is 2.04. The van der Waals surface area contributed by atoms with Crippen molar-refractivity contribution < 1.29 is 13.2 Å². The average molecular weight is 353 g/mol. The maximum Gasteiger partial charge on any atom is 0.271 e. The zero-order valence-electron chi connectivity index (χ0n) is 14.2. The standard InChI is InChI=1S/C20H19NO3S/c1-4-5-15-21(16-14-18-8-10-19(24-3)11-9-18)25(22,23)20-12-6-17(2)7-13-20/h1,6-13H,5,15H2,2-3H3. The van der Waals surface area contributed by atoms with Gasteiger partial charge in [0, 0.05) is 18.0 Å². The number of hydrogen-bond acceptors (Lipinski definition) is 3. The molecule has 0 amide bonds. The molecule has 0 aliphatic carbocycles. The molecule has 0 aliphatic rings. The van der Waals surface area contributed by atoms with Gasteiger partial charge in [-0.3, -0.25) is 0 Å². The summed E-state index contributed by atoms with van der Waals surface area (Å²) >= 11 is 0. The van der Waals surface area contributed by atoms with Gasteiger partial charge in [-0.2, -0.15) is 0 Å². The number of aryl methyl sites for hydroxylation is 1. The van der Waals surface area contributed by atoms with E-state index in [1.54, 1.807) is 55.6 Å². The number of sulfonamides is 1. The van der Waals surface area contributed by atoms with Crippen molar-refractivity contribution in [2.45, 2.75) is 18.2 Å². The van der Waals surface area contributed by atoms with Crippen LogP contribution in [0, 0.1) is 31.2 Å². The Bertz CT molecular complexity index is 912. The van der Waals surface area contributed by atoms with E-state index in [9.17, 15) is 8.42 Å². The fourth-order valence-corrected chi connectivity index (χ4v) is 3.27. The van der Waals surface area contributed by atoms with Crippen LogP contribution in [0.5, 0.6) is 5.75 Å². The number of rotatable bonds is 5. The quantitative estimate of drug-likeness (QED) is 0.613. The lowest BCUT2D eigenvalue weighted by atomic mass is 10.2. The van der Waals surface area contributed by atoms with Crippen molar-refractivity contribution >= 4 is 10.0 Å². The largest absolute Gasteiger partial charge is 0.497 e. The molecule has 2 rings (SSSR count). The van der Waals surface area contributed by atoms with Gasteiger partial charge in [-0.25, -0.2) is 12.7 Å². The third-order valence-electron chi connectivity index (χ3n) is 3.48. The third-order valence-corrected chi connectivity index (χ3v) is 5.21. The lowest BCUT2D eigenvalue weighted by molar-refractivity contribution is 0.415. The second-order valence-corrected chi connectivity index (χ2v) is 7.17. The Hall–Kier alpha value is -2.89. The molecule has 128 valence electrons. The molecule has 0 unspecified atom stereocenters. The van der Waals surface area contributed by atoms with Gasteiger partial charge in [0.15, 0.2) is 0 Å². The minimum absolute atomic E-state index is 0.135. The van der Waals surface area contributed by atoms with E-state index in [4.69, 9.17) is 11.2 Å².